The Morgan fingerprint density at radius 3 is 2.44 bits per heavy atom. The van der Waals surface area contributed by atoms with E-state index in [1.807, 2.05) is 0 Å². The third kappa shape index (κ3) is 6.66. The molecule has 0 atom stereocenters. The van der Waals surface area contributed by atoms with Crippen molar-refractivity contribution in [3.05, 3.63) is 39.6 Å². The second-order valence-electron chi connectivity index (χ2n) is 5.75. The van der Waals surface area contributed by atoms with Gasteiger partial charge in [-0.05, 0) is 31.1 Å². The molecule has 0 heterocycles. The Bertz CT molecular complexity index is 597. The van der Waals surface area contributed by atoms with E-state index in [-0.39, 0.29) is 53.3 Å². The molecule has 3 N–H and O–H groups in total. The van der Waals surface area contributed by atoms with Gasteiger partial charge in [-0.2, -0.15) is 0 Å². The molecule has 1 aromatic carbocycles. The Morgan fingerprint density at radius 1 is 1.28 bits per heavy atom. The van der Waals surface area contributed by atoms with Gasteiger partial charge in [-0.15, -0.1) is 12.4 Å². The molecule has 4 nitrogen and oxygen atoms in total. The molecule has 140 valence electrons. The van der Waals surface area contributed by atoms with Crippen LogP contribution in [0.2, 0.25) is 10.0 Å². The third-order valence-electron chi connectivity index (χ3n) is 3.89. The van der Waals surface area contributed by atoms with Gasteiger partial charge in [0.25, 0.3) is 5.91 Å². The average molecular weight is 412 g/mol. The number of nitrogens with two attached hydrogens (primary N) is 1. The highest BCUT2D eigenvalue weighted by molar-refractivity contribution is 6.37. The normalized spacial score (nSPS) is 15.4. The molecule has 1 aliphatic rings. The Balaban J connectivity index is 0.00000312. The van der Waals surface area contributed by atoms with Crippen LogP contribution < -0.4 is 15.8 Å². The molecular weight excluding hydrogens is 390 g/mol. The SMILES string of the molecule is Cl.NC/C=C(/F)COc1c(Cl)cc(C(=O)NC2CCCCC2)cc1Cl. The predicted octanol–water partition coefficient (Wildman–Crippen LogP) is 4.67. The predicted molar refractivity (Wildman–Crippen MR) is 102 cm³/mol. The lowest BCUT2D eigenvalue weighted by atomic mass is 9.95. The monoisotopic (exact) mass is 410 g/mol. The summed E-state index contributed by atoms with van der Waals surface area (Å²) in [7, 11) is 0. The molecule has 0 radical (unpaired) electrons. The van der Waals surface area contributed by atoms with Gasteiger partial charge in [0.1, 0.15) is 12.4 Å². The lowest BCUT2D eigenvalue weighted by Crippen LogP contribution is -2.36. The van der Waals surface area contributed by atoms with Crippen LogP contribution >= 0.6 is 35.6 Å². The second-order valence-corrected chi connectivity index (χ2v) is 6.57. The van der Waals surface area contributed by atoms with E-state index >= 15 is 0 Å². The van der Waals surface area contributed by atoms with Gasteiger partial charge in [-0.1, -0.05) is 42.5 Å². The average Bonchev–Trinajstić information content (AvgIpc) is 2.55. The van der Waals surface area contributed by atoms with E-state index in [9.17, 15) is 9.18 Å². The van der Waals surface area contributed by atoms with Crippen molar-refractivity contribution in [1.82, 2.24) is 5.32 Å². The third-order valence-corrected chi connectivity index (χ3v) is 4.46. The van der Waals surface area contributed by atoms with Crippen LogP contribution in [0.3, 0.4) is 0 Å². The number of amides is 1. The number of carbonyl (C=O) groups excluding carboxylic acids is 1. The molecular formula is C17H22Cl3FN2O2. The number of benzene rings is 1. The minimum Gasteiger partial charge on any atom is -0.483 e. The molecule has 0 spiro atoms. The fraction of sp³-hybridized carbons (Fsp3) is 0.471. The quantitative estimate of drug-likeness (QED) is 0.715. The Labute approximate surface area is 163 Å². The number of rotatable bonds is 6. The van der Waals surface area contributed by atoms with Crippen LogP contribution in [0.5, 0.6) is 5.75 Å². The summed E-state index contributed by atoms with van der Waals surface area (Å²) < 4.78 is 18.6. The molecule has 8 heteroatoms. The van der Waals surface area contributed by atoms with E-state index in [1.165, 1.54) is 24.6 Å². The van der Waals surface area contributed by atoms with E-state index in [1.54, 1.807) is 0 Å². The van der Waals surface area contributed by atoms with E-state index in [0.717, 1.165) is 25.7 Å². The van der Waals surface area contributed by atoms with Crippen LogP contribution in [0.1, 0.15) is 42.5 Å². The van der Waals surface area contributed by atoms with Crippen LogP contribution in [0.4, 0.5) is 4.39 Å². The first kappa shape index (κ1) is 22.0. The minimum absolute atomic E-state index is 0. The first-order valence-electron chi connectivity index (χ1n) is 7.98. The summed E-state index contributed by atoms with van der Waals surface area (Å²) >= 11 is 12.3. The van der Waals surface area contributed by atoms with Crippen LogP contribution in [0.25, 0.3) is 0 Å². The zero-order chi connectivity index (χ0) is 17.5. The largest absolute Gasteiger partial charge is 0.483 e. The number of hydrogen-bond donors (Lipinski definition) is 2. The van der Waals surface area contributed by atoms with Gasteiger partial charge in [0.05, 0.1) is 10.0 Å². The van der Waals surface area contributed by atoms with Crippen LogP contribution in [0.15, 0.2) is 24.0 Å². The Morgan fingerprint density at radius 2 is 1.88 bits per heavy atom. The number of nitrogens with one attached hydrogen (secondary N) is 1. The van der Waals surface area contributed by atoms with Crippen molar-refractivity contribution < 1.29 is 13.9 Å². The molecule has 1 saturated carbocycles. The molecule has 2 rings (SSSR count). The summed E-state index contributed by atoms with van der Waals surface area (Å²) in [6, 6.07) is 3.15. The fourth-order valence-electron chi connectivity index (χ4n) is 2.67. The highest BCUT2D eigenvalue weighted by Gasteiger charge is 2.19. The van der Waals surface area contributed by atoms with Crippen molar-refractivity contribution in [2.45, 2.75) is 38.1 Å². The number of carbonyl (C=O) groups is 1. The van der Waals surface area contributed by atoms with E-state index < -0.39 is 5.83 Å². The summed E-state index contributed by atoms with van der Waals surface area (Å²) in [5.41, 5.74) is 5.58. The smallest absolute Gasteiger partial charge is 0.251 e. The molecule has 0 unspecified atom stereocenters. The molecule has 1 fully saturated rings. The molecule has 0 aliphatic heterocycles. The molecule has 0 bridgehead atoms. The summed E-state index contributed by atoms with van der Waals surface area (Å²) in [5, 5.41) is 3.32. The molecule has 0 aromatic heterocycles. The van der Waals surface area contributed by atoms with E-state index in [0.29, 0.717) is 5.56 Å². The van der Waals surface area contributed by atoms with Gasteiger partial charge >= 0.3 is 0 Å². The highest BCUT2D eigenvalue weighted by atomic mass is 35.5. The Kier molecular flexibility index (Phi) is 9.57. The summed E-state index contributed by atoms with van der Waals surface area (Å²) in [5.74, 6) is -0.580. The zero-order valence-corrected chi connectivity index (χ0v) is 16.0. The fourth-order valence-corrected chi connectivity index (χ4v) is 3.27. The van der Waals surface area contributed by atoms with E-state index in [2.05, 4.69) is 5.32 Å². The zero-order valence-electron chi connectivity index (χ0n) is 13.7. The van der Waals surface area contributed by atoms with Gasteiger partial charge in [0.15, 0.2) is 5.75 Å². The number of ether oxygens (including phenoxy) is 1. The van der Waals surface area contributed by atoms with Gasteiger partial charge in [0.2, 0.25) is 0 Å². The lowest BCUT2D eigenvalue weighted by Gasteiger charge is -2.23. The first-order valence-corrected chi connectivity index (χ1v) is 8.74. The maximum Gasteiger partial charge on any atom is 0.251 e. The van der Waals surface area contributed by atoms with Crippen molar-refractivity contribution in [3.63, 3.8) is 0 Å². The topological polar surface area (TPSA) is 64.3 Å². The van der Waals surface area contributed by atoms with Crippen molar-refractivity contribution in [3.8, 4) is 5.75 Å². The molecule has 1 aliphatic carbocycles. The van der Waals surface area contributed by atoms with Crippen LogP contribution in [0, 0.1) is 0 Å². The van der Waals surface area contributed by atoms with Crippen molar-refractivity contribution >= 4 is 41.5 Å². The molecule has 1 amide bonds. The molecule has 1 aromatic rings. The van der Waals surface area contributed by atoms with Gasteiger partial charge in [-0.25, -0.2) is 4.39 Å². The molecule has 0 saturated heterocycles. The minimum atomic E-state index is -0.510. The van der Waals surface area contributed by atoms with Crippen molar-refractivity contribution in [2.75, 3.05) is 13.2 Å². The maximum atomic E-state index is 13.3. The Hall–Kier alpha value is -1.01. The highest BCUT2D eigenvalue weighted by Crippen LogP contribution is 2.34. The van der Waals surface area contributed by atoms with Crippen LogP contribution in [-0.2, 0) is 0 Å². The van der Waals surface area contributed by atoms with Crippen molar-refractivity contribution in [2.24, 2.45) is 5.73 Å². The summed E-state index contributed by atoms with van der Waals surface area (Å²) in [6.45, 7) is -0.235. The van der Waals surface area contributed by atoms with Gasteiger partial charge in [-0.3, -0.25) is 4.79 Å². The van der Waals surface area contributed by atoms with Crippen molar-refractivity contribution in [1.29, 1.82) is 0 Å². The lowest BCUT2D eigenvalue weighted by molar-refractivity contribution is 0.0927. The van der Waals surface area contributed by atoms with E-state index in [4.69, 9.17) is 33.7 Å². The number of halogens is 4. The molecule has 25 heavy (non-hydrogen) atoms. The van der Waals surface area contributed by atoms with Gasteiger partial charge < -0.3 is 15.8 Å². The summed E-state index contributed by atoms with van der Waals surface area (Å²) in [6.07, 6.45) is 6.64. The summed E-state index contributed by atoms with van der Waals surface area (Å²) in [4.78, 5) is 12.3. The number of hydrogen-bond acceptors (Lipinski definition) is 3. The standard InChI is InChI=1S/C17H21Cl2FN2O2.ClH/c18-14-8-11(17(23)22-13-4-2-1-3-5-13)9-15(19)16(14)24-10-12(20)6-7-21;/h6,8-9,13H,1-5,7,10,21H2,(H,22,23);1H/b12-6+;. The second kappa shape index (κ2) is 10.9. The van der Waals surface area contributed by atoms with Gasteiger partial charge in [0, 0.05) is 18.2 Å². The maximum absolute atomic E-state index is 13.3. The van der Waals surface area contributed by atoms with Crippen LogP contribution in [-0.4, -0.2) is 25.1 Å². The first-order chi connectivity index (χ1) is 11.5.